The van der Waals surface area contributed by atoms with Gasteiger partial charge in [0, 0.05) is 19.3 Å². The number of rotatable bonds is 4. The van der Waals surface area contributed by atoms with Crippen LogP contribution < -0.4 is 17.0 Å². The molecule has 7 nitrogen and oxygen atoms in total. The predicted octanol–water partition coefficient (Wildman–Crippen LogP) is 0.265. The number of carbonyl (C=O) groups is 1. The molecule has 2 heterocycles. The van der Waals surface area contributed by atoms with Gasteiger partial charge in [0.15, 0.2) is 4.90 Å². The van der Waals surface area contributed by atoms with Gasteiger partial charge in [-0.05, 0) is 49.9 Å². The lowest BCUT2D eigenvalue weighted by Gasteiger charge is -2.40. The average Bonchev–Trinajstić information content (AvgIpc) is 2.83. The topological polar surface area (TPSA) is 111 Å². The second kappa shape index (κ2) is 7.25. The first-order valence-corrected chi connectivity index (χ1v) is 9.51. The Morgan fingerprint density at radius 2 is 1.80 bits per heavy atom. The molecule has 2 aliphatic rings. The molecule has 3 unspecified atom stereocenters. The Hall–Kier alpha value is -1.74. The van der Waals surface area contributed by atoms with Crippen LogP contribution in [0, 0.1) is 13.8 Å². The van der Waals surface area contributed by atoms with Crippen LogP contribution in [0.25, 0.3) is 0 Å². The molecular formula is C17H25N5O2S. The van der Waals surface area contributed by atoms with E-state index < -0.39 is 11.4 Å². The normalized spacial score (nSPS) is 25.1. The number of aryl methyl sites for hydroxylation is 2. The minimum Gasteiger partial charge on any atom is -0.593 e. The van der Waals surface area contributed by atoms with Gasteiger partial charge < -0.3 is 20.6 Å². The highest BCUT2D eigenvalue weighted by molar-refractivity contribution is 7.89. The monoisotopic (exact) mass is 363 g/mol. The van der Waals surface area contributed by atoms with Crippen molar-refractivity contribution < 1.29 is 9.35 Å². The molecule has 25 heavy (non-hydrogen) atoms. The van der Waals surface area contributed by atoms with Gasteiger partial charge in [-0.25, -0.2) is 0 Å². The quantitative estimate of drug-likeness (QED) is 0.306. The minimum atomic E-state index is -1.21. The smallest absolute Gasteiger partial charge is 0.272 e. The second-order valence-electron chi connectivity index (χ2n) is 6.75. The number of hydrogen-bond donors (Lipinski definition) is 3. The van der Waals surface area contributed by atoms with Crippen molar-refractivity contribution in [2.24, 2.45) is 11.6 Å². The number of likely N-dealkylation sites (tertiary alicyclic amines) is 1. The molecule has 0 aliphatic carbocycles. The van der Waals surface area contributed by atoms with E-state index in [0.717, 1.165) is 28.9 Å². The highest BCUT2D eigenvalue weighted by Crippen LogP contribution is 2.36. The molecule has 1 amide bonds. The molecule has 136 valence electrons. The molecule has 2 saturated heterocycles. The van der Waals surface area contributed by atoms with Crippen molar-refractivity contribution in [3.8, 4) is 0 Å². The summed E-state index contributed by atoms with van der Waals surface area (Å²) in [6.07, 6.45) is 3.05. The molecule has 0 radical (unpaired) electrons. The number of piperazine rings is 1. The molecule has 0 saturated carbocycles. The molecule has 1 aromatic carbocycles. The first-order valence-electron chi connectivity index (χ1n) is 8.41. The molecule has 8 heteroatoms. The van der Waals surface area contributed by atoms with Crippen LogP contribution in [0.5, 0.6) is 0 Å². The Balaban J connectivity index is 1.77. The van der Waals surface area contributed by atoms with Crippen molar-refractivity contribution in [2.45, 2.75) is 43.7 Å². The lowest BCUT2D eigenvalue weighted by Crippen LogP contribution is -2.57. The number of nitrogens with zero attached hydrogens (tertiary/aromatic N) is 2. The Bertz CT molecular complexity index is 661. The third kappa shape index (κ3) is 3.48. The van der Waals surface area contributed by atoms with Crippen molar-refractivity contribution in [3.63, 3.8) is 0 Å². The number of amides is 1. The molecule has 3 atom stereocenters. The zero-order valence-electron chi connectivity index (χ0n) is 14.6. The van der Waals surface area contributed by atoms with E-state index in [1.54, 1.807) is 4.90 Å². The first kappa shape index (κ1) is 18.1. The maximum atomic E-state index is 13.2. The minimum absolute atomic E-state index is 0.0844. The summed E-state index contributed by atoms with van der Waals surface area (Å²) in [4.78, 5) is 15.0. The van der Waals surface area contributed by atoms with Gasteiger partial charge in [-0.2, -0.15) is 0 Å². The van der Waals surface area contributed by atoms with Gasteiger partial charge in [0.2, 0.25) is 0 Å². The summed E-state index contributed by atoms with van der Waals surface area (Å²) < 4.78 is 15.2. The summed E-state index contributed by atoms with van der Waals surface area (Å²) in [5, 5.41) is 0. The number of hydrogen-bond acceptors (Lipinski definition) is 6. The second-order valence-corrected chi connectivity index (χ2v) is 8.14. The summed E-state index contributed by atoms with van der Waals surface area (Å²) in [7, 11) is 0. The Morgan fingerprint density at radius 1 is 1.24 bits per heavy atom. The van der Waals surface area contributed by atoms with Gasteiger partial charge in [0.25, 0.3) is 5.91 Å². The fourth-order valence-corrected chi connectivity index (χ4v) is 5.51. The SMILES string of the molecule is Cc1cc(C)cc([S+]([O-])N2C3CCC2CN(C(=O)/C(=C/N)NN)C3)c1. The summed E-state index contributed by atoms with van der Waals surface area (Å²) in [5.41, 5.74) is 10.2. The number of nitrogens with two attached hydrogens (primary N) is 2. The van der Waals surface area contributed by atoms with Gasteiger partial charge in [0.05, 0.1) is 23.4 Å². The molecule has 0 spiro atoms. The van der Waals surface area contributed by atoms with Crippen molar-refractivity contribution in [1.82, 2.24) is 14.6 Å². The van der Waals surface area contributed by atoms with Crippen LogP contribution in [0.1, 0.15) is 24.0 Å². The molecule has 3 rings (SSSR count). The van der Waals surface area contributed by atoms with Gasteiger partial charge >= 0.3 is 0 Å². The van der Waals surface area contributed by atoms with Gasteiger partial charge in [0.1, 0.15) is 5.70 Å². The summed E-state index contributed by atoms with van der Waals surface area (Å²) in [5.74, 6) is 5.14. The highest BCUT2D eigenvalue weighted by Gasteiger charge is 2.48. The van der Waals surface area contributed by atoms with E-state index in [9.17, 15) is 9.35 Å². The van der Waals surface area contributed by atoms with Crippen LogP contribution >= 0.6 is 0 Å². The van der Waals surface area contributed by atoms with E-state index in [0.29, 0.717) is 13.1 Å². The zero-order chi connectivity index (χ0) is 18.1. The highest BCUT2D eigenvalue weighted by atomic mass is 32.2. The zero-order valence-corrected chi connectivity index (χ0v) is 15.4. The number of carbonyl (C=O) groups excluding carboxylic acids is 1. The van der Waals surface area contributed by atoms with Crippen LogP contribution in [0.15, 0.2) is 35.0 Å². The lowest BCUT2D eigenvalue weighted by atomic mass is 10.2. The predicted molar refractivity (Wildman–Crippen MR) is 97.1 cm³/mol. The number of benzene rings is 1. The average molecular weight is 363 g/mol. The largest absolute Gasteiger partial charge is 0.593 e. The van der Waals surface area contributed by atoms with Crippen molar-refractivity contribution >= 4 is 17.3 Å². The molecule has 5 N–H and O–H groups in total. The number of fused-ring (bicyclic) bond motifs is 2. The first-order chi connectivity index (χ1) is 11.9. The third-order valence-corrected chi connectivity index (χ3v) is 6.46. The third-order valence-electron chi connectivity index (χ3n) is 4.84. The maximum Gasteiger partial charge on any atom is 0.272 e. The van der Waals surface area contributed by atoms with Crippen LogP contribution in [0.4, 0.5) is 0 Å². The van der Waals surface area contributed by atoms with Crippen LogP contribution in [0.3, 0.4) is 0 Å². The van der Waals surface area contributed by atoms with E-state index >= 15 is 0 Å². The summed E-state index contributed by atoms with van der Waals surface area (Å²) >= 11 is -1.21. The van der Waals surface area contributed by atoms with Crippen molar-refractivity contribution in [2.75, 3.05) is 13.1 Å². The fraction of sp³-hybridized carbons (Fsp3) is 0.471. The van der Waals surface area contributed by atoms with Gasteiger partial charge in [-0.3, -0.25) is 10.6 Å². The molecule has 0 aromatic heterocycles. The van der Waals surface area contributed by atoms with E-state index in [2.05, 4.69) is 15.8 Å². The number of hydrazine groups is 1. The van der Waals surface area contributed by atoms with Gasteiger partial charge in [-0.15, -0.1) is 4.31 Å². The maximum absolute atomic E-state index is 13.2. The van der Waals surface area contributed by atoms with Crippen molar-refractivity contribution in [1.29, 1.82) is 0 Å². The molecule has 1 aromatic rings. The molecule has 2 aliphatic heterocycles. The Kier molecular flexibility index (Phi) is 5.24. The van der Waals surface area contributed by atoms with Crippen LogP contribution in [-0.4, -0.2) is 44.8 Å². The molecule has 2 bridgehead atoms. The van der Waals surface area contributed by atoms with E-state index in [4.69, 9.17) is 11.6 Å². The van der Waals surface area contributed by atoms with E-state index in [-0.39, 0.29) is 23.7 Å². The summed E-state index contributed by atoms with van der Waals surface area (Å²) in [6.45, 7) is 5.09. The standard InChI is InChI=1S/C17H25N5O2S/c1-11-5-12(2)7-15(6-11)25(24)22-13-3-4-14(22)10-21(9-13)17(23)16(8-18)20-19/h5-8,13-14,20H,3-4,9-10,18-19H2,1-2H3/b16-8-. The number of nitrogens with one attached hydrogen (secondary N) is 1. The van der Waals surface area contributed by atoms with Crippen LogP contribution in [-0.2, 0) is 16.2 Å². The Labute approximate surface area is 151 Å². The fourth-order valence-electron chi connectivity index (χ4n) is 3.81. The molecule has 2 fully saturated rings. The van der Waals surface area contributed by atoms with Crippen LogP contribution in [0.2, 0.25) is 0 Å². The van der Waals surface area contributed by atoms with Crippen molar-refractivity contribution in [3.05, 3.63) is 41.2 Å². The summed E-state index contributed by atoms with van der Waals surface area (Å²) in [6, 6.07) is 6.20. The van der Waals surface area contributed by atoms with Gasteiger partial charge in [-0.1, -0.05) is 6.07 Å². The Morgan fingerprint density at radius 3 is 2.28 bits per heavy atom. The van der Waals surface area contributed by atoms with E-state index in [1.165, 1.54) is 6.20 Å². The molecular weight excluding hydrogens is 338 g/mol. The lowest BCUT2D eigenvalue weighted by molar-refractivity contribution is -0.129. The van der Waals surface area contributed by atoms with E-state index in [1.807, 2.05) is 26.0 Å².